The Kier molecular flexibility index (Phi) is 7.78. The van der Waals surface area contributed by atoms with Crippen LogP contribution in [0.2, 0.25) is 0 Å². The third-order valence-electron chi connectivity index (χ3n) is 4.52. The molecule has 146 valence electrons. The number of anilines is 2. The van der Waals surface area contributed by atoms with E-state index in [0.717, 1.165) is 35.6 Å². The van der Waals surface area contributed by atoms with Crippen molar-refractivity contribution < 1.29 is 0 Å². The summed E-state index contributed by atoms with van der Waals surface area (Å²) in [6, 6.07) is 19.2. The summed E-state index contributed by atoms with van der Waals surface area (Å²) >= 11 is 0. The zero-order chi connectivity index (χ0) is 21.9. The second kappa shape index (κ2) is 10.7. The van der Waals surface area contributed by atoms with E-state index in [9.17, 15) is 0 Å². The van der Waals surface area contributed by atoms with Crippen LogP contribution in [0.15, 0.2) is 59.9 Å². The van der Waals surface area contributed by atoms with Crippen LogP contribution < -0.4 is 9.80 Å². The first-order valence-electron chi connectivity index (χ1n) is 9.11. The topological polar surface area (TPSA) is 62.8 Å². The fraction of sp³-hybridized carbons (Fsp3) is 0.167. The first-order valence-corrected chi connectivity index (χ1v) is 9.11. The van der Waals surface area contributed by atoms with Crippen LogP contribution in [-0.4, -0.2) is 27.2 Å². The standard InChI is InChI=1S/C24H20N6/c1-27-24(28-2)16-20-7-11-23(12-8-20)30(4)14-13-29(3)22-9-5-19(6-10-22)15-21(17-25)18-26/h5-12,15-16H,13-14H2,3-4H3. The van der Waals surface area contributed by atoms with Gasteiger partial charge in [-0.3, -0.25) is 0 Å². The normalized spacial score (nSPS) is 9.13. The average molecular weight is 392 g/mol. The maximum atomic E-state index is 8.84. The third kappa shape index (κ3) is 6.00. The third-order valence-corrected chi connectivity index (χ3v) is 4.52. The fourth-order valence-electron chi connectivity index (χ4n) is 2.70. The van der Waals surface area contributed by atoms with Crippen LogP contribution in [0.4, 0.5) is 11.4 Å². The number of rotatable bonds is 7. The number of likely N-dealkylation sites (N-methyl/N-ethyl adjacent to an activating group) is 2. The Bertz CT molecular complexity index is 974. The van der Waals surface area contributed by atoms with Crippen molar-refractivity contribution in [1.82, 2.24) is 0 Å². The maximum Gasteiger partial charge on any atom is 0.519 e. The van der Waals surface area contributed by atoms with E-state index in [4.69, 9.17) is 23.7 Å². The lowest BCUT2D eigenvalue weighted by Gasteiger charge is -2.25. The molecule has 0 aliphatic rings. The van der Waals surface area contributed by atoms with Crippen molar-refractivity contribution in [1.29, 1.82) is 10.5 Å². The lowest BCUT2D eigenvalue weighted by molar-refractivity contribution is 0.833. The van der Waals surface area contributed by atoms with Crippen LogP contribution in [0.3, 0.4) is 0 Å². The average Bonchev–Trinajstić information content (AvgIpc) is 2.79. The molecular weight excluding hydrogens is 372 g/mol. The monoisotopic (exact) mass is 392 g/mol. The lowest BCUT2D eigenvalue weighted by Crippen LogP contribution is -2.30. The molecule has 0 spiro atoms. The molecule has 0 amide bonds. The van der Waals surface area contributed by atoms with Crippen LogP contribution in [0.5, 0.6) is 0 Å². The number of nitriles is 2. The van der Waals surface area contributed by atoms with E-state index in [1.54, 1.807) is 12.2 Å². The van der Waals surface area contributed by atoms with Gasteiger partial charge in [0.05, 0.1) is 0 Å². The van der Waals surface area contributed by atoms with E-state index in [1.807, 2.05) is 74.8 Å². The van der Waals surface area contributed by atoms with E-state index in [-0.39, 0.29) is 11.4 Å². The lowest BCUT2D eigenvalue weighted by atomic mass is 10.1. The molecule has 0 saturated carbocycles. The minimum atomic E-state index is 0.0516. The molecule has 0 fully saturated rings. The molecular formula is C24H20N6. The van der Waals surface area contributed by atoms with Gasteiger partial charge in [0.1, 0.15) is 30.9 Å². The molecule has 0 unspecified atom stereocenters. The zero-order valence-electron chi connectivity index (χ0n) is 16.9. The maximum absolute atomic E-state index is 8.84. The SMILES string of the molecule is [C-]#[N+]C(=Cc1ccc(N(C)CCN(C)c2ccc(C=C(C#N)C#N)cc2)cc1)[N+]#[C-]. The van der Waals surface area contributed by atoms with Crippen molar-refractivity contribution in [2.75, 3.05) is 37.0 Å². The fourth-order valence-corrected chi connectivity index (χ4v) is 2.70. The van der Waals surface area contributed by atoms with Crippen molar-refractivity contribution in [3.63, 3.8) is 0 Å². The molecule has 2 aromatic rings. The molecule has 2 aromatic carbocycles. The molecule has 30 heavy (non-hydrogen) atoms. The summed E-state index contributed by atoms with van der Waals surface area (Å²) in [6.45, 7) is 15.5. The second-order valence-electron chi connectivity index (χ2n) is 6.53. The summed E-state index contributed by atoms with van der Waals surface area (Å²) in [5.41, 5.74) is 3.82. The first-order chi connectivity index (χ1) is 14.5. The van der Waals surface area contributed by atoms with E-state index in [2.05, 4.69) is 19.5 Å². The van der Waals surface area contributed by atoms with E-state index >= 15 is 0 Å². The van der Waals surface area contributed by atoms with Crippen LogP contribution in [-0.2, 0) is 0 Å². The van der Waals surface area contributed by atoms with Gasteiger partial charge in [-0.05, 0) is 41.5 Å². The number of hydrogen-bond donors (Lipinski definition) is 0. The van der Waals surface area contributed by atoms with Gasteiger partial charge in [0.25, 0.3) is 0 Å². The van der Waals surface area contributed by atoms with Crippen molar-refractivity contribution in [3.05, 3.63) is 93.9 Å². The smallest absolute Gasteiger partial charge is 0.373 e. The summed E-state index contributed by atoms with van der Waals surface area (Å²) in [5.74, 6) is 0.0516. The van der Waals surface area contributed by atoms with Gasteiger partial charge < -0.3 is 9.80 Å². The van der Waals surface area contributed by atoms with Crippen LogP contribution >= 0.6 is 0 Å². The van der Waals surface area contributed by atoms with Gasteiger partial charge in [0, 0.05) is 44.6 Å². The Morgan fingerprint density at radius 2 is 1.20 bits per heavy atom. The molecule has 6 heteroatoms. The highest BCUT2D eigenvalue weighted by atomic mass is 15.2. The van der Waals surface area contributed by atoms with Crippen molar-refractivity contribution >= 4 is 23.5 Å². The quantitative estimate of drug-likeness (QED) is 0.500. The van der Waals surface area contributed by atoms with Crippen LogP contribution in [0, 0.1) is 35.8 Å². The first kappa shape index (κ1) is 21.8. The highest BCUT2D eigenvalue weighted by molar-refractivity contribution is 5.64. The molecule has 0 aliphatic carbocycles. The highest BCUT2D eigenvalue weighted by Crippen LogP contribution is 2.18. The van der Waals surface area contributed by atoms with Crippen LogP contribution in [0.1, 0.15) is 11.1 Å². The largest absolute Gasteiger partial charge is 0.519 e. The minimum Gasteiger partial charge on any atom is -0.373 e. The van der Waals surface area contributed by atoms with Gasteiger partial charge in [0.2, 0.25) is 0 Å². The predicted molar refractivity (Wildman–Crippen MR) is 120 cm³/mol. The van der Waals surface area contributed by atoms with Gasteiger partial charge in [-0.25, -0.2) is 0 Å². The Morgan fingerprint density at radius 1 is 0.800 bits per heavy atom. The Morgan fingerprint density at radius 3 is 1.57 bits per heavy atom. The highest BCUT2D eigenvalue weighted by Gasteiger charge is 2.06. The zero-order valence-corrected chi connectivity index (χ0v) is 16.9. The Balaban J connectivity index is 1.97. The summed E-state index contributed by atoms with van der Waals surface area (Å²) in [4.78, 5) is 10.6. The molecule has 0 saturated heterocycles. The molecule has 6 nitrogen and oxygen atoms in total. The predicted octanol–water partition coefficient (Wildman–Crippen LogP) is 4.83. The number of allylic oxidation sites excluding steroid dienone is 1. The van der Waals surface area contributed by atoms with E-state index in [1.165, 1.54) is 0 Å². The van der Waals surface area contributed by atoms with E-state index < -0.39 is 0 Å². The summed E-state index contributed by atoms with van der Waals surface area (Å²) in [6.07, 6.45) is 3.14. The minimum absolute atomic E-state index is 0.0516. The molecule has 0 atom stereocenters. The number of hydrogen-bond acceptors (Lipinski definition) is 4. The van der Waals surface area contributed by atoms with Crippen molar-refractivity contribution in [2.24, 2.45) is 0 Å². The van der Waals surface area contributed by atoms with Gasteiger partial charge in [-0.2, -0.15) is 20.2 Å². The molecule has 2 rings (SSSR count). The second-order valence-corrected chi connectivity index (χ2v) is 6.53. The number of nitrogens with zero attached hydrogens (tertiary/aromatic N) is 6. The molecule has 0 heterocycles. The molecule has 0 aliphatic heterocycles. The molecule has 0 radical (unpaired) electrons. The van der Waals surface area contributed by atoms with Gasteiger partial charge in [-0.1, -0.05) is 24.3 Å². The summed E-state index contributed by atoms with van der Waals surface area (Å²) in [7, 11) is 4.03. The van der Waals surface area contributed by atoms with Gasteiger partial charge in [0.15, 0.2) is 0 Å². The van der Waals surface area contributed by atoms with E-state index in [0.29, 0.717) is 0 Å². The summed E-state index contributed by atoms with van der Waals surface area (Å²) in [5, 5.41) is 17.7. The van der Waals surface area contributed by atoms with Crippen molar-refractivity contribution in [2.45, 2.75) is 0 Å². The number of benzene rings is 2. The van der Waals surface area contributed by atoms with Crippen LogP contribution in [0.25, 0.3) is 21.8 Å². The van der Waals surface area contributed by atoms with Crippen molar-refractivity contribution in [3.8, 4) is 12.1 Å². The molecule has 0 bridgehead atoms. The molecule has 0 N–H and O–H groups in total. The Labute approximate surface area is 177 Å². The summed E-state index contributed by atoms with van der Waals surface area (Å²) < 4.78 is 0. The van der Waals surface area contributed by atoms with Gasteiger partial charge >= 0.3 is 5.82 Å². The molecule has 0 aromatic heterocycles. The Hall–Kier alpha value is -4.52. The van der Waals surface area contributed by atoms with Gasteiger partial charge in [-0.15, -0.1) is 0 Å².